The Morgan fingerprint density at radius 2 is 1.90 bits per heavy atom. The molecule has 1 rings (SSSR count). The quantitative estimate of drug-likeness (QED) is 0.569. The molecule has 0 bridgehead atoms. The average Bonchev–Trinajstić information content (AvgIpc) is 2.03. The van der Waals surface area contributed by atoms with Crippen LogP contribution in [-0.2, 0) is 0 Å². The highest BCUT2D eigenvalue weighted by Crippen LogP contribution is 1.99. The van der Waals surface area contributed by atoms with Crippen LogP contribution in [0, 0.1) is 4.91 Å². The Morgan fingerprint density at radius 3 is 2.50 bits per heavy atom. The fraction of sp³-hybridized carbons (Fsp3) is 0. The lowest BCUT2D eigenvalue weighted by molar-refractivity contribution is 1.55. The van der Waals surface area contributed by atoms with Crippen LogP contribution in [0.1, 0.15) is 5.56 Å². The minimum absolute atomic E-state index is 0.988. The third-order valence-corrected chi connectivity index (χ3v) is 1.13. The predicted octanol–water partition coefficient (Wildman–Crippen LogP) is 2.42. The van der Waals surface area contributed by atoms with E-state index in [4.69, 9.17) is 0 Å². The molecule has 0 N–H and O–H groups in total. The van der Waals surface area contributed by atoms with Crippen LogP contribution >= 0.6 is 0 Å². The van der Waals surface area contributed by atoms with Crippen molar-refractivity contribution < 1.29 is 0 Å². The number of nitroso groups, excluding NO2 is 1. The molecule has 10 heavy (non-hydrogen) atoms. The van der Waals surface area contributed by atoms with E-state index in [1.807, 2.05) is 30.3 Å². The Balaban J connectivity index is 2.76. The number of hydrogen-bond donors (Lipinski definition) is 0. The topological polar surface area (TPSA) is 29.4 Å². The van der Waals surface area contributed by atoms with Crippen molar-refractivity contribution in [1.82, 2.24) is 0 Å². The lowest BCUT2D eigenvalue weighted by Crippen LogP contribution is -1.65. The average molecular weight is 133 g/mol. The second-order valence-electron chi connectivity index (χ2n) is 1.83. The normalized spacial score (nSPS) is 10.0. The fourth-order valence-corrected chi connectivity index (χ4v) is 0.681. The lowest BCUT2D eigenvalue weighted by atomic mass is 10.2. The number of hydrogen-bond acceptors (Lipinski definition) is 2. The first-order valence-electron chi connectivity index (χ1n) is 2.97. The Kier molecular flexibility index (Phi) is 2.38. The van der Waals surface area contributed by atoms with Crippen LogP contribution < -0.4 is 0 Å². The first kappa shape index (κ1) is 6.68. The van der Waals surface area contributed by atoms with Gasteiger partial charge in [0.25, 0.3) is 0 Å². The summed E-state index contributed by atoms with van der Waals surface area (Å²) >= 11 is 0. The molecule has 0 atom stereocenters. The van der Waals surface area contributed by atoms with Gasteiger partial charge in [-0.3, -0.25) is 0 Å². The molecule has 0 spiro atoms. The van der Waals surface area contributed by atoms with Gasteiger partial charge in [0, 0.05) is 0 Å². The molecule has 0 aromatic heterocycles. The molecule has 0 aliphatic rings. The molecule has 0 amide bonds. The molecule has 0 unspecified atom stereocenters. The van der Waals surface area contributed by atoms with Gasteiger partial charge in [-0.2, -0.15) is 0 Å². The molecule has 0 radical (unpaired) electrons. The third-order valence-electron chi connectivity index (χ3n) is 1.13. The van der Waals surface area contributed by atoms with Gasteiger partial charge in [-0.25, -0.2) is 0 Å². The summed E-state index contributed by atoms with van der Waals surface area (Å²) in [5.74, 6) is 0. The van der Waals surface area contributed by atoms with E-state index in [1.54, 1.807) is 6.08 Å². The van der Waals surface area contributed by atoms with Gasteiger partial charge in [-0.1, -0.05) is 30.3 Å². The van der Waals surface area contributed by atoms with E-state index in [1.165, 1.54) is 6.20 Å². The molecule has 1 aromatic carbocycles. The Morgan fingerprint density at radius 1 is 1.20 bits per heavy atom. The second-order valence-corrected chi connectivity index (χ2v) is 1.83. The van der Waals surface area contributed by atoms with Crippen LogP contribution in [-0.4, -0.2) is 0 Å². The van der Waals surface area contributed by atoms with Crippen LogP contribution in [0.2, 0.25) is 0 Å². The predicted molar refractivity (Wildman–Crippen MR) is 41.3 cm³/mol. The van der Waals surface area contributed by atoms with E-state index < -0.39 is 0 Å². The van der Waals surface area contributed by atoms with E-state index in [-0.39, 0.29) is 0 Å². The standard InChI is InChI=1S/C8H7NO/c10-9-7-6-8-4-2-1-3-5-8/h1-7H/b7-6+. The van der Waals surface area contributed by atoms with Gasteiger partial charge in [0.2, 0.25) is 0 Å². The SMILES string of the molecule is O=N/C=C/c1ccccc1. The van der Waals surface area contributed by atoms with Crippen LogP contribution in [0.3, 0.4) is 0 Å². The molecular formula is C8H7NO. The highest BCUT2D eigenvalue weighted by molar-refractivity contribution is 5.48. The zero-order valence-corrected chi connectivity index (χ0v) is 5.40. The monoisotopic (exact) mass is 133 g/mol. The highest BCUT2D eigenvalue weighted by Gasteiger charge is 1.79. The Bertz CT molecular complexity index is 228. The van der Waals surface area contributed by atoms with Crippen molar-refractivity contribution in [3.8, 4) is 0 Å². The summed E-state index contributed by atoms with van der Waals surface area (Å²) in [5, 5.41) is 2.60. The summed E-state index contributed by atoms with van der Waals surface area (Å²) in [6.45, 7) is 0. The summed E-state index contributed by atoms with van der Waals surface area (Å²) < 4.78 is 0. The van der Waals surface area contributed by atoms with Gasteiger partial charge in [0.15, 0.2) is 0 Å². The number of nitrogens with zero attached hydrogens (tertiary/aromatic N) is 1. The van der Waals surface area contributed by atoms with Crippen molar-refractivity contribution in [2.45, 2.75) is 0 Å². The molecular weight excluding hydrogens is 126 g/mol. The van der Waals surface area contributed by atoms with Crippen molar-refractivity contribution in [3.63, 3.8) is 0 Å². The fourth-order valence-electron chi connectivity index (χ4n) is 0.681. The van der Waals surface area contributed by atoms with Crippen molar-refractivity contribution in [2.24, 2.45) is 5.18 Å². The Hall–Kier alpha value is -1.44. The summed E-state index contributed by atoms with van der Waals surface area (Å²) in [6, 6.07) is 9.55. The Labute approximate surface area is 59.2 Å². The lowest BCUT2D eigenvalue weighted by Gasteiger charge is -1.86. The third kappa shape index (κ3) is 1.82. The number of benzene rings is 1. The minimum atomic E-state index is 0.988. The van der Waals surface area contributed by atoms with Crippen molar-refractivity contribution in [3.05, 3.63) is 47.0 Å². The van der Waals surface area contributed by atoms with Crippen LogP contribution in [0.15, 0.2) is 41.7 Å². The zero-order chi connectivity index (χ0) is 7.23. The highest BCUT2D eigenvalue weighted by atomic mass is 16.2. The first-order chi connectivity index (χ1) is 4.93. The maximum absolute atomic E-state index is 9.64. The largest absolute Gasteiger partial charge is 0.145 e. The van der Waals surface area contributed by atoms with Gasteiger partial charge in [0.1, 0.15) is 0 Å². The molecule has 0 aliphatic heterocycles. The van der Waals surface area contributed by atoms with Crippen molar-refractivity contribution >= 4 is 6.08 Å². The van der Waals surface area contributed by atoms with E-state index in [0.717, 1.165) is 5.56 Å². The zero-order valence-electron chi connectivity index (χ0n) is 5.40. The van der Waals surface area contributed by atoms with E-state index in [9.17, 15) is 4.91 Å². The minimum Gasteiger partial charge on any atom is -0.145 e. The van der Waals surface area contributed by atoms with Gasteiger partial charge in [-0.05, 0) is 16.8 Å². The second kappa shape index (κ2) is 3.56. The van der Waals surface area contributed by atoms with E-state index in [0.29, 0.717) is 0 Å². The van der Waals surface area contributed by atoms with Gasteiger partial charge < -0.3 is 0 Å². The number of rotatable bonds is 2. The molecule has 0 aliphatic carbocycles. The van der Waals surface area contributed by atoms with E-state index >= 15 is 0 Å². The maximum Gasteiger partial charge on any atom is 0.0720 e. The van der Waals surface area contributed by atoms with E-state index in [2.05, 4.69) is 5.18 Å². The van der Waals surface area contributed by atoms with Crippen LogP contribution in [0.4, 0.5) is 0 Å². The van der Waals surface area contributed by atoms with Crippen molar-refractivity contribution in [2.75, 3.05) is 0 Å². The smallest absolute Gasteiger partial charge is 0.0720 e. The first-order valence-corrected chi connectivity index (χ1v) is 2.97. The van der Waals surface area contributed by atoms with Crippen LogP contribution in [0.25, 0.3) is 6.08 Å². The summed E-state index contributed by atoms with van der Waals surface area (Å²) in [5.41, 5.74) is 0.988. The maximum atomic E-state index is 9.64. The van der Waals surface area contributed by atoms with Gasteiger partial charge in [0.05, 0.1) is 6.20 Å². The summed E-state index contributed by atoms with van der Waals surface area (Å²) in [7, 11) is 0. The molecule has 0 saturated carbocycles. The molecule has 0 heterocycles. The molecule has 2 nitrogen and oxygen atoms in total. The molecule has 0 saturated heterocycles. The summed E-state index contributed by atoms with van der Waals surface area (Å²) in [4.78, 5) is 9.64. The molecule has 1 aromatic rings. The molecule has 2 heteroatoms. The van der Waals surface area contributed by atoms with Crippen LogP contribution in [0.5, 0.6) is 0 Å². The van der Waals surface area contributed by atoms with Crippen molar-refractivity contribution in [1.29, 1.82) is 0 Å². The summed E-state index contributed by atoms with van der Waals surface area (Å²) in [6.07, 6.45) is 2.89. The van der Waals surface area contributed by atoms with Gasteiger partial charge >= 0.3 is 0 Å². The molecule has 0 fully saturated rings. The van der Waals surface area contributed by atoms with Gasteiger partial charge in [-0.15, -0.1) is 4.91 Å². The molecule has 50 valence electrons.